The molecule has 1 N–H and O–H groups in total. The van der Waals surface area contributed by atoms with Gasteiger partial charge in [0.2, 0.25) is 5.91 Å². The normalized spacial score (nSPS) is 25.3. The number of aromatic nitrogens is 1. The van der Waals surface area contributed by atoms with Crippen LogP contribution in [0.25, 0.3) is 0 Å². The molecule has 190 valence electrons. The van der Waals surface area contributed by atoms with Gasteiger partial charge >= 0.3 is 5.97 Å². The van der Waals surface area contributed by atoms with Gasteiger partial charge in [0, 0.05) is 11.8 Å². The van der Waals surface area contributed by atoms with Crippen molar-refractivity contribution in [2.24, 2.45) is 11.8 Å². The van der Waals surface area contributed by atoms with Gasteiger partial charge in [-0.1, -0.05) is 40.5 Å². The molecule has 5 atom stereocenters. The van der Waals surface area contributed by atoms with Crippen molar-refractivity contribution in [2.75, 3.05) is 20.7 Å². The Morgan fingerprint density at radius 2 is 2.03 bits per heavy atom. The molecule has 2 aliphatic heterocycles. The number of carbonyl (C=O) groups is 3. The number of likely N-dealkylation sites (tertiary alicyclic amines) is 1. The van der Waals surface area contributed by atoms with Gasteiger partial charge < -0.3 is 10.1 Å². The van der Waals surface area contributed by atoms with Crippen molar-refractivity contribution in [3.63, 3.8) is 0 Å². The Hall–Kier alpha value is -2.04. The van der Waals surface area contributed by atoms with Crippen LogP contribution in [-0.2, 0) is 19.2 Å². The zero-order valence-electron chi connectivity index (χ0n) is 21.1. The van der Waals surface area contributed by atoms with E-state index in [-0.39, 0.29) is 41.4 Å². The number of nitrogens with one attached hydrogen (secondary N) is 1. The number of thiazole rings is 1. The smallest absolute Gasteiger partial charge is 0.357 e. The SMILES string of the molecule is CC[C@H](C)[C@H](NC(=O)[C@H]1CCCCN1C)C(=O)N1O[C@@H](c2nc(C(=O)OC)cs2)C[C@@H]1C(C)C. The Balaban J connectivity index is 1.79. The number of rotatable bonds is 8. The van der Waals surface area contributed by atoms with Gasteiger partial charge in [0.05, 0.1) is 19.2 Å². The summed E-state index contributed by atoms with van der Waals surface area (Å²) < 4.78 is 4.75. The van der Waals surface area contributed by atoms with Crippen LogP contribution >= 0.6 is 11.3 Å². The monoisotopic (exact) mass is 494 g/mol. The lowest BCUT2D eigenvalue weighted by atomic mass is 9.94. The summed E-state index contributed by atoms with van der Waals surface area (Å²) in [6.07, 6.45) is 3.78. The van der Waals surface area contributed by atoms with E-state index < -0.39 is 18.1 Å². The minimum absolute atomic E-state index is 0.0494. The number of nitrogens with zero attached hydrogens (tertiary/aromatic N) is 3. The number of ether oxygens (including phenoxy) is 1. The highest BCUT2D eigenvalue weighted by molar-refractivity contribution is 7.09. The third kappa shape index (κ3) is 5.78. The van der Waals surface area contributed by atoms with Crippen molar-refractivity contribution in [1.82, 2.24) is 20.3 Å². The van der Waals surface area contributed by atoms with E-state index in [0.717, 1.165) is 32.2 Å². The fourth-order valence-electron chi connectivity index (χ4n) is 4.59. The third-order valence-corrected chi connectivity index (χ3v) is 7.96. The van der Waals surface area contributed by atoms with Crippen LogP contribution in [0.5, 0.6) is 0 Å². The van der Waals surface area contributed by atoms with Gasteiger partial charge in [-0.2, -0.15) is 0 Å². The molecule has 0 bridgehead atoms. The largest absolute Gasteiger partial charge is 0.464 e. The summed E-state index contributed by atoms with van der Waals surface area (Å²) in [7, 11) is 3.28. The minimum atomic E-state index is -0.672. The number of piperidine rings is 1. The van der Waals surface area contributed by atoms with Crippen LogP contribution in [0.3, 0.4) is 0 Å². The van der Waals surface area contributed by atoms with E-state index in [1.807, 2.05) is 34.7 Å². The van der Waals surface area contributed by atoms with Crippen LogP contribution in [0, 0.1) is 11.8 Å². The summed E-state index contributed by atoms with van der Waals surface area (Å²) in [5.41, 5.74) is 0.235. The zero-order chi connectivity index (χ0) is 25.0. The van der Waals surface area contributed by atoms with E-state index in [1.165, 1.54) is 23.5 Å². The van der Waals surface area contributed by atoms with Gasteiger partial charge in [0.1, 0.15) is 17.2 Å². The molecule has 1 aromatic heterocycles. The molecular formula is C24H38N4O5S. The van der Waals surface area contributed by atoms with Crippen molar-refractivity contribution in [3.8, 4) is 0 Å². The maximum absolute atomic E-state index is 13.8. The molecule has 9 nitrogen and oxygen atoms in total. The molecule has 0 aromatic carbocycles. The lowest BCUT2D eigenvalue weighted by Crippen LogP contribution is -2.57. The van der Waals surface area contributed by atoms with E-state index in [1.54, 1.807) is 5.38 Å². The second kappa shape index (κ2) is 11.6. The number of likely N-dealkylation sites (N-methyl/N-ethyl adjacent to an activating group) is 1. The number of hydrogen-bond donors (Lipinski definition) is 1. The van der Waals surface area contributed by atoms with Crippen molar-refractivity contribution < 1.29 is 24.0 Å². The molecule has 34 heavy (non-hydrogen) atoms. The predicted molar refractivity (Wildman–Crippen MR) is 129 cm³/mol. The standard InChI is InChI=1S/C24H38N4O5S/c1-7-15(4)20(26-21(29)17-10-8-9-11-27(17)5)23(30)28-18(14(2)3)12-19(33-28)22-25-16(13-34-22)24(31)32-6/h13-15,17-20H,7-12H2,1-6H3,(H,26,29)/t15-,17+,18+,19+,20-/m0/s1. The van der Waals surface area contributed by atoms with E-state index >= 15 is 0 Å². The Kier molecular flexibility index (Phi) is 9.06. The molecule has 0 unspecified atom stereocenters. The van der Waals surface area contributed by atoms with Crippen LogP contribution in [0.4, 0.5) is 0 Å². The number of esters is 1. The summed E-state index contributed by atoms with van der Waals surface area (Å²) in [6, 6.07) is -1.05. The Labute approximate surface area is 206 Å². The zero-order valence-corrected chi connectivity index (χ0v) is 21.9. The van der Waals surface area contributed by atoms with Gasteiger partial charge in [0.15, 0.2) is 5.69 Å². The molecule has 2 amide bonds. The van der Waals surface area contributed by atoms with Gasteiger partial charge in [-0.15, -0.1) is 11.3 Å². The van der Waals surface area contributed by atoms with Gasteiger partial charge in [-0.3, -0.25) is 19.3 Å². The fourth-order valence-corrected chi connectivity index (χ4v) is 5.41. The molecule has 1 aromatic rings. The predicted octanol–water partition coefficient (Wildman–Crippen LogP) is 3.17. The van der Waals surface area contributed by atoms with Crippen LogP contribution in [0.1, 0.15) is 81.4 Å². The van der Waals surface area contributed by atoms with Crippen molar-refractivity contribution in [2.45, 2.75) is 84.0 Å². The summed E-state index contributed by atoms with van der Waals surface area (Å²) in [5, 5.41) is 6.79. The van der Waals surface area contributed by atoms with Crippen molar-refractivity contribution in [1.29, 1.82) is 0 Å². The molecule has 0 aliphatic carbocycles. The molecule has 0 spiro atoms. The minimum Gasteiger partial charge on any atom is -0.464 e. The third-order valence-electron chi connectivity index (χ3n) is 7.03. The van der Waals surface area contributed by atoms with E-state index in [0.29, 0.717) is 11.4 Å². The molecule has 2 saturated heterocycles. The highest BCUT2D eigenvalue weighted by atomic mass is 32.1. The molecular weight excluding hydrogens is 456 g/mol. The first kappa shape index (κ1) is 26.6. The van der Waals surface area contributed by atoms with Gasteiger partial charge in [0.25, 0.3) is 5.91 Å². The topological polar surface area (TPSA) is 101 Å². The Morgan fingerprint density at radius 1 is 1.29 bits per heavy atom. The van der Waals surface area contributed by atoms with Crippen molar-refractivity contribution >= 4 is 29.1 Å². The molecule has 3 heterocycles. The average molecular weight is 495 g/mol. The van der Waals surface area contributed by atoms with Crippen LogP contribution in [-0.4, -0.2) is 71.6 Å². The van der Waals surface area contributed by atoms with E-state index in [2.05, 4.69) is 15.2 Å². The molecule has 0 saturated carbocycles. The second-order valence-corrected chi connectivity index (χ2v) is 10.6. The fraction of sp³-hybridized carbons (Fsp3) is 0.750. The average Bonchev–Trinajstić information content (AvgIpc) is 3.49. The van der Waals surface area contributed by atoms with Gasteiger partial charge in [-0.25, -0.2) is 14.8 Å². The number of methoxy groups -OCH3 is 1. The summed E-state index contributed by atoms with van der Waals surface area (Å²) >= 11 is 1.32. The first-order valence-electron chi connectivity index (χ1n) is 12.2. The Bertz CT molecular complexity index is 875. The van der Waals surface area contributed by atoms with Gasteiger partial charge in [-0.05, 0) is 38.3 Å². The lowest BCUT2D eigenvalue weighted by Gasteiger charge is -2.35. The molecule has 2 fully saturated rings. The number of hydroxylamine groups is 2. The first-order valence-corrected chi connectivity index (χ1v) is 13.1. The molecule has 10 heteroatoms. The number of carbonyl (C=O) groups excluding carboxylic acids is 3. The van der Waals surface area contributed by atoms with E-state index in [9.17, 15) is 14.4 Å². The lowest BCUT2D eigenvalue weighted by molar-refractivity contribution is -0.195. The van der Waals surface area contributed by atoms with Crippen LogP contribution in [0.2, 0.25) is 0 Å². The second-order valence-electron chi connectivity index (χ2n) is 9.73. The molecule has 0 radical (unpaired) electrons. The highest BCUT2D eigenvalue weighted by Gasteiger charge is 2.44. The quantitative estimate of drug-likeness (QED) is 0.554. The summed E-state index contributed by atoms with van der Waals surface area (Å²) in [4.78, 5) is 51.3. The maximum Gasteiger partial charge on any atom is 0.357 e. The van der Waals surface area contributed by atoms with Crippen LogP contribution < -0.4 is 5.32 Å². The van der Waals surface area contributed by atoms with E-state index in [4.69, 9.17) is 9.57 Å². The highest BCUT2D eigenvalue weighted by Crippen LogP contribution is 2.38. The molecule has 2 aliphatic rings. The first-order chi connectivity index (χ1) is 16.2. The van der Waals surface area contributed by atoms with Crippen LogP contribution in [0.15, 0.2) is 5.38 Å². The summed E-state index contributed by atoms with van der Waals surface area (Å²) in [6.45, 7) is 8.97. The summed E-state index contributed by atoms with van der Waals surface area (Å²) in [5.74, 6) is -0.730. The maximum atomic E-state index is 13.8. The number of amides is 2. The van der Waals surface area contributed by atoms with Crippen molar-refractivity contribution in [3.05, 3.63) is 16.1 Å². The number of hydrogen-bond acceptors (Lipinski definition) is 8. The Morgan fingerprint density at radius 3 is 2.65 bits per heavy atom. The molecule has 3 rings (SSSR count).